The zero-order valence-corrected chi connectivity index (χ0v) is 17.6. The molecule has 0 N–H and O–H groups in total. The molecule has 0 bridgehead atoms. The summed E-state index contributed by atoms with van der Waals surface area (Å²) in [7, 11) is 0. The number of ether oxygens (including phenoxy) is 1. The van der Waals surface area contributed by atoms with E-state index in [0.29, 0.717) is 11.3 Å². The number of rotatable bonds is 3. The van der Waals surface area contributed by atoms with Crippen LogP contribution in [-0.2, 0) is 4.79 Å². The van der Waals surface area contributed by atoms with Crippen molar-refractivity contribution in [2.45, 2.75) is 19.3 Å². The number of Topliss-reactive ketones (excluding diaryl/α,β-unsaturated/α-hetero) is 1. The number of ketones is 1. The number of halogens is 1. The molecule has 0 aromatic heterocycles. The zero-order chi connectivity index (χ0) is 21.4. The van der Waals surface area contributed by atoms with E-state index < -0.39 is 11.9 Å². The molecule has 5 rings (SSSR count). The van der Waals surface area contributed by atoms with Crippen LogP contribution in [0.1, 0.15) is 35.2 Å². The van der Waals surface area contributed by atoms with E-state index in [4.69, 9.17) is 16.3 Å². The molecule has 31 heavy (non-hydrogen) atoms. The number of carbonyl (C=O) groups is 2. The van der Waals surface area contributed by atoms with Crippen molar-refractivity contribution < 1.29 is 14.3 Å². The average Bonchev–Trinajstić information content (AvgIpc) is 2.80. The van der Waals surface area contributed by atoms with E-state index in [0.717, 1.165) is 41.0 Å². The van der Waals surface area contributed by atoms with Gasteiger partial charge in [-0.25, -0.2) is 0 Å². The molecule has 3 aromatic rings. The Morgan fingerprint density at radius 3 is 2.19 bits per heavy atom. The molecule has 0 spiro atoms. The van der Waals surface area contributed by atoms with Gasteiger partial charge in [0, 0.05) is 5.02 Å². The van der Waals surface area contributed by atoms with Crippen LogP contribution in [0, 0.1) is 11.8 Å². The average molecular weight is 429 g/mol. The first-order chi connectivity index (χ1) is 15.1. The lowest BCUT2D eigenvalue weighted by molar-refractivity contribution is -0.139. The number of hydrogen-bond acceptors (Lipinski definition) is 3. The molecule has 2 unspecified atom stereocenters. The Morgan fingerprint density at radius 2 is 1.45 bits per heavy atom. The minimum atomic E-state index is -0.765. The number of carbonyl (C=O) groups excluding carboxylic acids is 2. The number of hydrogen-bond donors (Lipinski definition) is 0. The number of para-hydroxylation sites is 1. The van der Waals surface area contributed by atoms with Crippen molar-refractivity contribution in [3.05, 3.63) is 95.0 Å². The monoisotopic (exact) mass is 428 g/mol. The lowest BCUT2D eigenvalue weighted by Crippen LogP contribution is -2.38. The van der Waals surface area contributed by atoms with Crippen LogP contribution in [0.4, 0.5) is 0 Å². The number of allylic oxidation sites excluding steroid dienone is 2. The van der Waals surface area contributed by atoms with Crippen LogP contribution < -0.4 is 4.74 Å². The molecule has 2 aliphatic rings. The summed E-state index contributed by atoms with van der Waals surface area (Å²) in [6.45, 7) is 0. The molecule has 3 aromatic carbocycles. The first-order valence-corrected chi connectivity index (χ1v) is 10.9. The molecule has 1 aliphatic carbocycles. The van der Waals surface area contributed by atoms with Crippen molar-refractivity contribution >= 4 is 28.9 Å². The van der Waals surface area contributed by atoms with Crippen LogP contribution in [0.25, 0.3) is 16.7 Å². The summed E-state index contributed by atoms with van der Waals surface area (Å²) >= 11 is 5.99. The van der Waals surface area contributed by atoms with Crippen molar-refractivity contribution in [2.24, 2.45) is 11.8 Å². The lowest BCUT2D eigenvalue weighted by Gasteiger charge is -2.30. The molecule has 0 saturated carbocycles. The smallest absolute Gasteiger partial charge is 0.322 e. The van der Waals surface area contributed by atoms with Gasteiger partial charge in [-0.3, -0.25) is 9.59 Å². The number of fused-ring (bicyclic) bond motifs is 1. The third kappa shape index (κ3) is 3.82. The van der Waals surface area contributed by atoms with E-state index in [1.165, 1.54) is 5.57 Å². The largest absolute Gasteiger partial charge is 0.425 e. The Hall–Kier alpha value is -3.17. The summed E-state index contributed by atoms with van der Waals surface area (Å²) in [6.07, 6.45) is 4.79. The normalized spacial score (nSPS) is 20.6. The molecule has 0 amide bonds. The molecule has 4 heteroatoms. The fraction of sp³-hybridized carbons (Fsp3) is 0.185. The molecule has 2 atom stereocenters. The Kier molecular flexibility index (Phi) is 5.21. The topological polar surface area (TPSA) is 43.4 Å². The molecule has 1 heterocycles. The number of benzene rings is 3. The maximum Gasteiger partial charge on any atom is 0.322 e. The van der Waals surface area contributed by atoms with Gasteiger partial charge in [0.25, 0.3) is 0 Å². The summed E-state index contributed by atoms with van der Waals surface area (Å²) in [5.74, 6) is -1.12. The standard InChI is InChI=1S/C27H21ClO3/c28-22-14-12-18(13-15-22)17-8-10-19(11-9-17)20-4-3-5-21(16-20)25-26(29)23-6-1-2-7-24(23)31-27(25)30/h1-2,6-16,21,25H,3-5H2. The maximum atomic E-state index is 13.1. The van der Waals surface area contributed by atoms with Crippen molar-refractivity contribution in [2.75, 3.05) is 0 Å². The van der Waals surface area contributed by atoms with Gasteiger partial charge in [-0.15, -0.1) is 0 Å². The lowest BCUT2D eigenvalue weighted by atomic mass is 9.76. The SMILES string of the molecule is O=C1Oc2ccccc2C(=O)C1C1C=C(c2ccc(-c3ccc(Cl)cc3)cc2)CCC1. The van der Waals surface area contributed by atoms with Crippen LogP contribution in [0.5, 0.6) is 5.75 Å². The van der Waals surface area contributed by atoms with Gasteiger partial charge in [-0.05, 0) is 71.7 Å². The summed E-state index contributed by atoms with van der Waals surface area (Å²) in [5, 5.41) is 0.720. The third-order valence-corrected chi connectivity index (χ3v) is 6.41. The van der Waals surface area contributed by atoms with Gasteiger partial charge in [0.05, 0.1) is 5.56 Å². The maximum absolute atomic E-state index is 13.1. The molecule has 0 fully saturated rings. The first-order valence-electron chi connectivity index (χ1n) is 10.5. The Morgan fingerprint density at radius 1 is 0.806 bits per heavy atom. The van der Waals surface area contributed by atoms with Gasteiger partial charge in [-0.1, -0.05) is 66.2 Å². The van der Waals surface area contributed by atoms with E-state index in [1.807, 2.05) is 24.3 Å². The van der Waals surface area contributed by atoms with Gasteiger partial charge in [0.2, 0.25) is 0 Å². The summed E-state index contributed by atoms with van der Waals surface area (Å²) in [6, 6.07) is 23.2. The van der Waals surface area contributed by atoms with Crippen LogP contribution >= 0.6 is 11.6 Å². The van der Waals surface area contributed by atoms with E-state index in [1.54, 1.807) is 24.3 Å². The van der Waals surface area contributed by atoms with E-state index in [2.05, 4.69) is 30.3 Å². The van der Waals surface area contributed by atoms with Gasteiger partial charge >= 0.3 is 5.97 Å². The Labute approximate surface area is 186 Å². The van der Waals surface area contributed by atoms with E-state index >= 15 is 0 Å². The Bertz CT molecular complexity index is 1180. The molecule has 3 nitrogen and oxygen atoms in total. The van der Waals surface area contributed by atoms with Crippen LogP contribution in [-0.4, -0.2) is 11.8 Å². The number of esters is 1. The van der Waals surface area contributed by atoms with Gasteiger partial charge in [-0.2, -0.15) is 0 Å². The molecular formula is C27H21ClO3. The zero-order valence-electron chi connectivity index (χ0n) is 16.9. The molecule has 0 radical (unpaired) electrons. The van der Waals surface area contributed by atoms with E-state index in [9.17, 15) is 9.59 Å². The van der Waals surface area contributed by atoms with Gasteiger partial charge in [0.1, 0.15) is 11.7 Å². The summed E-state index contributed by atoms with van der Waals surface area (Å²) in [4.78, 5) is 25.7. The quantitative estimate of drug-likeness (QED) is 0.268. The molecular weight excluding hydrogens is 408 g/mol. The first kappa shape index (κ1) is 19.8. The Balaban J connectivity index is 1.41. The fourth-order valence-electron chi connectivity index (χ4n) is 4.55. The molecule has 0 saturated heterocycles. The summed E-state index contributed by atoms with van der Waals surface area (Å²) in [5.41, 5.74) is 5.04. The highest BCUT2D eigenvalue weighted by Gasteiger charge is 2.41. The van der Waals surface area contributed by atoms with Gasteiger partial charge < -0.3 is 4.74 Å². The van der Waals surface area contributed by atoms with Crippen molar-refractivity contribution in [3.63, 3.8) is 0 Å². The van der Waals surface area contributed by atoms with Crippen molar-refractivity contribution in [1.29, 1.82) is 0 Å². The minimum absolute atomic E-state index is 0.132. The second kappa shape index (κ2) is 8.16. The fourth-order valence-corrected chi connectivity index (χ4v) is 4.68. The minimum Gasteiger partial charge on any atom is -0.425 e. The predicted molar refractivity (Wildman–Crippen MR) is 122 cm³/mol. The second-order valence-electron chi connectivity index (χ2n) is 8.09. The second-order valence-corrected chi connectivity index (χ2v) is 8.53. The molecule has 1 aliphatic heterocycles. The highest BCUT2D eigenvalue weighted by molar-refractivity contribution is 6.30. The van der Waals surface area contributed by atoms with Crippen LogP contribution in [0.15, 0.2) is 78.9 Å². The van der Waals surface area contributed by atoms with E-state index in [-0.39, 0.29) is 11.7 Å². The summed E-state index contributed by atoms with van der Waals surface area (Å²) < 4.78 is 5.48. The highest BCUT2D eigenvalue weighted by atomic mass is 35.5. The van der Waals surface area contributed by atoms with Gasteiger partial charge in [0.15, 0.2) is 5.78 Å². The van der Waals surface area contributed by atoms with Crippen LogP contribution in [0.2, 0.25) is 5.02 Å². The third-order valence-electron chi connectivity index (χ3n) is 6.16. The van der Waals surface area contributed by atoms with Crippen molar-refractivity contribution in [1.82, 2.24) is 0 Å². The molecule has 154 valence electrons. The van der Waals surface area contributed by atoms with Crippen molar-refractivity contribution in [3.8, 4) is 16.9 Å². The highest BCUT2D eigenvalue weighted by Crippen LogP contribution is 2.39. The van der Waals surface area contributed by atoms with Crippen LogP contribution in [0.3, 0.4) is 0 Å². The predicted octanol–water partition coefficient (Wildman–Crippen LogP) is 6.61.